The molecule has 0 atom stereocenters. The van der Waals surface area contributed by atoms with Crippen molar-refractivity contribution >= 4 is 39.3 Å². The summed E-state index contributed by atoms with van der Waals surface area (Å²) in [5, 5.41) is 3.88. The molecule has 2 heterocycles. The number of rotatable bonds is 6. The number of hydrogen-bond donors (Lipinski definition) is 0. The van der Waals surface area contributed by atoms with Crippen molar-refractivity contribution < 1.29 is 4.79 Å². The molecule has 6 nitrogen and oxygen atoms in total. The molecule has 1 saturated heterocycles. The van der Waals surface area contributed by atoms with E-state index in [0.29, 0.717) is 21.8 Å². The minimum Gasteiger partial charge on any atom is -0.339 e. The van der Waals surface area contributed by atoms with Crippen LogP contribution in [0, 0.1) is 0 Å². The van der Waals surface area contributed by atoms with Gasteiger partial charge in [-0.2, -0.15) is 0 Å². The molecule has 7 heteroatoms. The van der Waals surface area contributed by atoms with Gasteiger partial charge < -0.3 is 4.90 Å². The molecule has 2 fully saturated rings. The van der Waals surface area contributed by atoms with Crippen molar-refractivity contribution in [1.82, 2.24) is 19.4 Å². The second kappa shape index (κ2) is 9.47. The molecule has 6 rings (SSSR count). The lowest BCUT2D eigenvalue weighted by Gasteiger charge is -2.35. The molecule has 1 aromatic heterocycles. The predicted octanol–water partition coefficient (Wildman–Crippen LogP) is 4.32. The molecule has 35 heavy (non-hydrogen) atoms. The minimum absolute atomic E-state index is 0.00935. The maximum Gasteiger partial charge on any atom is 0.262 e. The van der Waals surface area contributed by atoms with Gasteiger partial charge in [-0.05, 0) is 41.3 Å². The van der Waals surface area contributed by atoms with Crippen molar-refractivity contribution in [2.75, 3.05) is 31.9 Å². The summed E-state index contributed by atoms with van der Waals surface area (Å²) in [6, 6.07) is 22.7. The summed E-state index contributed by atoms with van der Waals surface area (Å²) >= 11 is 1.40. The molecule has 0 unspecified atom stereocenters. The summed E-state index contributed by atoms with van der Waals surface area (Å²) in [7, 11) is 0. The highest BCUT2D eigenvalue weighted by Crippen LogP contribution is 2.37. The van der Waals surface area contributed by atoms with Crippen LogP contribution in [0.3, 0.4) is 0 Å². The lowest BCUT2D eigenvalue weighted by atomic mass is 10.0. The molecule has 0 spiro atoms. The number of thioether (sulfide) groups is 1. The number of para-hydroxylation sites is 1. The molecule has 1 amide bonds. The fraction of sp³-hybridized carbons (Fsp3) is 0.321. The van der Waals surface area contributed by atoms with Gasteiger partial charge >= 0.3 is 0 Å². The Morgan fingerprint density at radius 3 is 2.40 bits per heavy atom. The standard InChI is InChI=1S/C28H28N4O2S/c33-26(19-35-28-29-25-11-4-3-10-24(25)27(34)32(28)22-12-13-22)31-16-14-30(15-17-31)18-21-8-5-7-20-6-1-2-9-23(20)21/h1-11,22H,12-19H2. The first-order chi connectivity index (χ1) is 17.2. The van der Waals surface area contributed by atoms with Crippen LogP contribution in [0.2, 0.25) is 0 Å². The van der Waals surface area contributed by atoms with Crippen molar-refractivity contribution in [3.8, 4) is 0 Å². The van der Waals surface area contributed by atoms with Crippen LogP contribution in [-0.4, -0.2) is 57.2 Å². The third-order valence-corrected chi connectivity index (χ3v) is 7.95. The molecule has 3 aromatic carbocycles. The Morgan fingerprint density at radius 2 is 1.60 bits per heavy atom. The number of carbonyl (C=O) groups is 1. The van der Waals surface area contributed by atoms with E-state index in [1.165, 1.54) is 28.1 Å². The smallest absolute Gasteiger partial charge is 0.262 e. The average molecular weight is 485 g/mol. The first-order valence-corrected chi connectivity index (χ1v) is 13.3. The highest BCUT2D eigenvalue weighted by atomic mass is 32.2. The molecular formula is C28H28N4O2S. The quantitative estimate of drug-likeness (QED) is 0.301. The third kappa shape index (κ3) is 4.58. The SMILES string of the molecule is O=C(CSc1nc2ccccc2c(=O)n1C1CC1)N1CCN(Cc2cccc3ccccc23)CC1. The van der Waals surface area contributed by atoms with Gasteiger partial charge in [-0.15, -0.1) is 0 Å². The van der Waals surface area contributed by atoms with E-state index in [2.05, 4.69) is 47.4 Å². The number of hydrogen-bond acceptors (Lipinski definition) is 5. The summed E-state index contributed by atoms with van der Waals surface area (Å²) in [4.78, 5) is 35.2. The zero-order valence-electron chi connectivity index (χ0n) is 19.6. The van der Waals surface area contributed by atoms with E-state index >= 15 is 0 Å². The van der Waals surface area contributed by atoms with E-state index in [4.69, 9.17) is 4.98 Å². The van der Waals surface area contributed by atoms with Gasteiger partial charge in [0.25, 0.3) is 5.56 Å². The summed E-state index contributed by atoms with van der Waals surface area (Å²) in [6.45, 7) is 4.07. The fourth-order valence-corrected chi connectivity index (χ4v) is 5.90. The summed E-state index contributed by atoms with van der Waals surface area (Å²) in [5.74, 6) is 0.422. The first-order valence-electron chi connectivity index (χ1n) is 12.3. The zero-order valence-corrected chi connectivity index (χ0v) is 20.4. The highest BCUT2D eigenvalue weighted by molar-refractivity contribution is 7.99. The first kappa shape index (κ1) is 22.3. The summed E-state index contributed by atoms with van der Waals surface area (Å²) in [6.07, 6.45) is 2.00. The molecule has 4 aromatic rings. The predicted molar refractivity (Wildman–Crippen MR) is 141 cm³/mol. The van der Waals surface area contributed by atoms with Gasteiger partial charge in [-0.1, -0.05) is 66.4 Å². The second-order valence-electron chi connectivity index (χ2n) is 9.40. The Bertz CT molecular complexity index is 1450. The van der Waals surface area contributed by atoms with Crippen molar-refractivity contribution in [3.05, 3.63) is 82.6 Å². The van der Waals surface area contributed by atoms with E-state index in [9.17, 15) is 9.59 Å². The monoisotopic (exact) mass is 484 g/mol. The molecule has 0 radical (unpaired) electrons. The van der Waals surface area contributed by atoms with Crippen LogP contribution in [-0.2, 0) is 11.3 Å². The Hall–Kier alpha value is -3.16. The number of carbonyl (C=O) groups excluding carboxylic acids is 1. The van der Waals surface area contributed by atoms with Gasteiger partial charge in [0.1, 0.15) is 0 Å². The summed E-state index contributed by atoms with van der Waals surface area (Å²) in [5.41, 5.74) is 2.04. The maximum absolute atomic E-state index is 13.1. The maximum atomic E-state index is 13.1. The van der Waals surface area contributed by atoms with E-state index < -0.39 is 0 Å². The van der Waals surface area contributed by atoms with Crippen molar-refractivity contribution in [2.24, 2.45) is 0 Å². The highest BCUT2D eigenvalue weighted by Gasteiger charge is 2.29. The molecule has 0 bridgehead atoms. The van der Waals surface area contributed by atoms with Crippen LogP contribution in [0.4, 0.5) is 0 Å². The third-order valence-electron chi connectivity index (χ3n) is 7.01. The molecule has 0 N–H and O–H groups in total. The average Bonchev–Trinajstić information content (AvgIpc) is 3.73. The molecule has 1 saturated carbocycles. The van der Waals surface area contributed by atoms with Gasteiger partial charge in [0.2, 0.25) is 5.91 Å². The second-order valence-corrected chi connectivity index (χ2v) is 10.3. The lowest BCUT2D eigenvalue weighted by Crippen LogP contribution is -2.48. The number of aromatic nitrogens is 2. The number of piperazine rings is 1. The largest absolute Gasteiger partial charge is 0.339 e. The van der Waals surface area contributed by atoms with Gasteiger partial charge in [0.05, 0.1) is 16.7 Å². The van der Waals surface area contributed by atoms with Gasteiger partial charge in [-0.3, -0.25) is 19.1 Å². The van der Waals surface area contributed by atoms with Crippen LogP contribution in [0.25, 0.3) is 21.7 Å². The molecule has 2 aliphatic rings. The van der Waals surface area contributed by atoms with E-state index in [-0.39, 0.29) is 17.5 Å². The Morgan fingerprint density at radius 1 is 0.886 bits per heavy atom. The number of benzene rings is 3. The van der Waals surface area contributed by atoms with E-state index in [1.807, 2.05) is 33.7 Å². The van der Waals surface area contributed by atoms with Gasteiger partial charge in [0, 0.05) is 38.8 Å². The molecular weight excluding hydrogens is 456 g/mol. The molecule has 1 aliphatic heterocycles. The van der Waals surface area contributed by atoms with Gasteiger partial charge in [0.15, 0.2) is 5.16 Å². The van der Waals surface area contributed by atoms with Crippen molar-refractivity contribution in [2.45, 2.75) is 30.6 Å². The van der Waals surface area contributed by atoms with E-state index in [1.54, 1.807) is 0 Å². The van der Waals surface area contributed by atoms with Crippen molar-refractivity contribution in [3.63, 3.8) is 0 Å². The fourth-order valence-electron chi connectivity index (χ4n) is 4.93. The summed E-state index contributed by atoms with van der Waals surface area (Å²) < 4.78 is 1.81. The van der Waals surface area contributed by atoms with Crippen LogP contribution in [0.15, 0.2) is 76.7 Å². The topological polar surface area (TPSA) is 58.4 Å². The van der Waals surface area contributed by atoms with Crippen molar-refractivity contribution in [1.29, 1.82) is 0 Å². The Labute approximate surface area is 208 Å². The van der Waals surface area contributed by atoms with E-state index in [0.717, 1.165) is 45.6 Å². The number of nitrogens with zero attached hydrogens (tertiary/aromatic N) is 4. The van der Waals surface area contributed by atoms with Crippen LogP contribution >= 0.6 is 11.8 Å². The molecule has 1 aliphatic carbocycles. The number of amides is 1. The van der Waals surface area contributed by atoms with Crippen LogP contribution < -0.4 is 5.56 Å². The Kier molecular flexibility index (Phi) is 6.04. The van der Waals surface area contributed by atoms with Crippen LogP contribution in [0.1, 0.15) is 24.4 Å². The number of fused-ring (bicyclic) bond motifs is 2. The van der Waals surface area contributed by atoms with Crippen LogP contribution in [0.5, 0.6) is 0 Å². The normalized spacial score (nSPS) is 16.7. The minimum atomic E-state index is 0.00935. The lowest BCUT2D eigenvalue weighted by molar-refractivity contribution is -0.130. The molecule has 178 valence electrons. The Balaban J connectivity index is 1.09. The zero-order chi connectivity index (χ0) is 23.8. The van der Waals surface area contributed by atoms with Gasteiger partial charge in [-0.25, -0.2) is 4.98 Å².